The molecule has 1 saturated heterocycles. The molecule has 21 heavy (non-hydrogen) atoms. The van der Waals surface area contributed by atoms with Crippen LogP contribution in [0.5, 0.6) is 5.75 Å². The summed E-state index contributed by atoms with van der Waals surface area (Å²) in [5.74, 6) is 0.535. The molecular weight excluding hydrogens is 272 g/mol. The number of amides is 2. The van der Waals surface area contributed by atoms with Crippen LogP contribution in [0.4, 0.5) is 10.5 Å². The second-order valence-corrected chi connectivity index (χ2v) is 4.90. The Hall–Kier alpha value is -2.24. The van der Waals surface area contributed by atoms with Crippen LogP contribution >= 0.6 is 0 Å². The highest BCUT2D eigenvalue weighted by Gasteiger charge is 2.28. The molecule has 0 aromatic heterocycles. The number of rotatable bonds is 6. The second-order valence-electron chi connectivity index (χ2n) is 4.90. The largest absolute Gasteiger partial charge is 0.492 e. The van der Waals surface area contributed by atoms with Gasteiger partial charge in [-0.25, -0.2) is 4.79 Å². The summed E-state index contributed by atoms with van der Waals surface area (Å²) >= 11 is 0. The van der Waals surface area contributed by atoms with Crippen LogP contribution in [0.2, 0.25) is 0 Å². The molecule has 2 rings (SSSR count). The van der Waals surface area contributed by atoms with Gasteiger partial charge in [0, 0.05) is 13.5 Å². The molecule has 114 valence electrons. The van der Waals surface area contributed by atoms with Crippen molar-refractivity contribution < 1.29 is 19.1 Å². The van der Waals surface area contributed by atoms with Crippen molar-refractivity contribution in [1.82, 2.24) is 4.90 Å². The minimum atomic E-state index is -0.331. The van der Waals surface area contributed by atoms with Crippen LogP contribution in [-0.2, 0) is 9.53 Å². The van der Waals surface area contributed by atoms with E-state index in [1.165, 1.54) is 4.90 Å². The van der Waals surface area contributed by atoms with Crippen molar-refractivity contribution >= 4 is 17.7 Å². The maximum absolute atomic E-state index is 12.0. The van der Waals surface area contributed by atoms with Crippen molar-refractivity contribution in [3.05, 3.63) is 24.3 Å². The summed E-state index contributed by atoms with van der Waals surface area (Å²) in [6, 6.07) is 7.30. The first-order chi connectivity index (χ1) is 10.1. The van der Waals surface area contributed by atoms with Gasteiger partial charge in [-0.2, -0.15) is 0 Å². The van der Waals surface area contributed by atoms with Crippen LogP contribution in [0.15, 0.2) is 24.3 Å². The Bertz CT molecular complexity index is 518. The first-order valence-corrected chi connectivity index (χ1v) is 7.03. The van der Waals surface area contributed by atoms with Crippen molar-refractivity contribution in [2.45, 2.75) is 25.9 Å². The highest BCUT2D eigenvalue weighted by Crippen LogP contribution is 2.24. The number of carbonyl (C=O) groups excluding carboxylic acids is 2. The average molecular weight is 292 g/mol. The molecule has 0 saturated carbocycles. The van der Waals surface area contributed by atoms with Gasteiger partial charge < -0.3 is 19.7 Å². The minimum Gasteiger partial charge on any atom is -0.492 e. The second kappa shape index (κ2) is 6.97. The molecule has 1 N–H and O–H groups in total. The number of anilines is 1. The van der Waals surface area contributed by atoms with Crippen molar-refractivity contribution in [3.8, 4) is 5.75 Å². The van der Waals surface area contributed by atoms with E-state index in [0.717, 1.165) is 0 Å². The Morgan fingerprint density at radius 1 is 1.48 bits per heavy atom. The Morgan fingerprint density at radius 3 is 2.90 bits per heavy atom. The smallest absolute Gasteiger partial charge is 0.409 e. The van der Waals surface area contributed by atoms with Crippen LogP contribution in [0.25, 0.3) is 0 Å². The van der Waals surface area contributed by atoms with Gasteiger partial charge in [-0.05, 0) is 25.5 Å². The van der Waals surface area contributed by atoms with E-state index in [9.17, 15) is 9.59 Å². The Balaban J connectivity index is 1.83. The van der Waals surface area contributed by atoms with Gasteiger partial charge in [-0.15, -0.1) is 0 Å². The summed E-state index contributed by atoms with van der Waals surface area (Å²) in [5.41, 5.74) is 0.657. The zero-order valence-corrected chi connectivity index (χ0v) is 12.3. The molecule has 1 aromatic rings. The number of likely N-dealkylation sites (N-methyl/N-ethyl adjacent to an activating group) is 1. The van der Waals surface area contributed by atoms with Gasteiger partial charge in [0.1, 0.15) is 11.9 Å². The van der Waals surface area contributed by atoms with E-state index >= 15 is 0 Å². The summed E-state index contributed by atoms with van der Waals surface area (Å²) in [6.07, 6.45) is 0.266. The molecule has 1 aromatic carbocycles. The fourth-order valence-corrected chi connectivity index (χ4v) is 2.16. The van der Waals surface area contributed by atoms with E-state index < -0.39 is 0 Å². The lowest BCUT2D eigenvalue weighted by atomic mass is 10.2. The SMILES string of the molecule is CCOc1ccccc1NC(=O)CCC1CN(C)C(=O)O1. The van der Waals surface area contributed by atoms with E-state index in [0.29, 0.717) is 37.4 Å². The summed E-state index contributed by atoms with van der Waals surface area (Å²) in [6.45, 7) is 2.96. The molecule has 1 aliphatic heterocycles. The minimum absolute atomic E-state index is 0.118. The average Bonchev–Trinajstić information content (AvgIpc) is 2.78. The lowest BCUT2D eigenvalue weighted by Gasteiger charge is -2.12. The zero-order valence-electron chi connectivity index (χ0n) is 12.3. The molecule has 1 heterocycles. The molecule has 1 atom stereocenters. The maximum Gasteiger partial charge on any atom is 0.409 e. The highest BCUT2D eigenvalue weighted by molar-refractivity contribution is 5.92. The molecule has 0 bridgehead atoms. The first kappa shape index (κ1) is 15.2. The van der Waals surface area contributed by atoms with Crippen LogP contribution in [-0.4, -0.2) is 43.2 Å². The van der Waals surface area contributed by atoms with Crippen molar-refractivity contribution in [3.63, 3.8) is 0 Å². The van der Waals surface area contributed by atoms with Gasteiger partial charge in [-0.3, -0.25) is 4.79 Å². The van der Waals surface area contributed by atoms with Gasteiger partial charge in [0.2, 0.25) is 5.91 Å². The third-order valence-corrected chi connectivity index (χ3v) is 3.21. The van der Waals surface area contributed by atoms with Crippen molar-refractivity contribution in [1.29, 1.82) is 0 Å². The number of ether oxygens (including phenoxy) is 2. The van der Waals surface area contributed by atoms with Crippen LogP contribution in [0, 0.1) is 0 Å². The fraction of sp³-hybridized carbons (Fsp3) is 0.467. The number of nitrogens with one attached hydrogen (secondary N) is 1. The maximum atomic E-state index is 12.0. The molecule has 0 spiro atoms. The van der Waals surface area contributed by atoms with E-state index in [1.807, 2.05) is 25.1 Å². The molecule has 0 aliphatic carbocycles. The number of cyclic esters (lactones) is 1. The summed E-state index contributed by atoms with van der Waals surface area (Å²) in [7, 11) is 1.68. The number of hydrogen-bond acceptors (Lipinski definition) is 4. The molecule has 2 amide bonds. The summed E-state index contributed by atoms with van der Waals surface area (Å²) in [5, 5.41) is 2.82. The number of carbonyl (C=O) groups is 2. The van der Waals surface area contributed by atoms with E-state index in [1.54, 1.807) is 13.1 Å². The third-order valence-electron chi connectivity index (χ3n) is 3.21. The normalized spacial score (nSPS) is 17.5. The molecule has 6 heteroatoms. The number of para-hydroxylation sites is 2. The van der Waals surface area contributed by atoms with E-state index in [-0.39, 0.29) is 18.1 Å². The highest BCUT2D eigenvalue weighted by atomic mass is 16.6. The van der Waals surface area contributed by atoms with Crippen LogP contribution < -0.4 is 10.1 Å². The molecule has 1 fully saturated rings. The van der Waals surface area contributed by atoms with Gasteiger partial charge in [-0.1, -0.05) is 12.1 Å². The third kappa shape index (κ3) is 4.11. The molecule has 1 aliphatic rings. The van der Waals surface area contributed by atoms with Gasteiger partial charge in [0.15, 0.2) is 0 Å². The standard InChI is InChI=1S/C15H20N2O4/c1-3-20-13-7-5-4-6-12(13)16-14(18)9-8-11-10-17(2)15(19)21-11/h4-7,11H,3,8-10H2,1-2H3,(H,16,18). The van der Waals surface area contributed by atoms with Crippen molar-refractivity contribution in [2.24, 2.45) is 0 Å². The van der Waals surface area contributed by atoms with Crippen molar-refractivity contribution in [2.75, 3.05) is 25.5 Å². The van der Waals surface area contributed by atoms with Gasteiger partial charge in [0.05, 0.1) is 18.8 Å². The quantitative estimate of drug-likeness (QED) is 0.873. The molecular formula is C15H20N2O4. The predicted octanol–water partition coefficient (Wildman–Crippen LogP) is 2.25. The lowest BCUT2D eigenvalue weighted by Crippen LogP contribution is -2.20. The zero-order chi connectivity index (χ0) is 15.2. The number of hydrogen-bond donors (Lipinski definition) is 1. The molecule has 6 nitrogen and oxygen atoms in total. The van der Waals surface area contributed by atoms with E-state index in [4.69, 9.17) is 9.47 Å². The Kier molecular flexibility index (Phi) is 5.03. The summed E-state index contributed by atoms with van der Waals surface area (Å²) in [4.78, 5) is 24.7. The molecule has 0 radical (unpaired) electrons. The van der Waals surface area contributed by atoms with E-state index in [2.05, 4.69) is 5.32 Å². The first-order valence-electron chi connectivity index (χ1n) is 7.03. The Morgan fingerprint density at radius 2 is 2.24 bits per heavy atom. The molecule has 1 unspecified atom stereocenters. The predicted molar refractivity (Wildman–Crippen MR) is 78.4 cm³/mol. The monoisotopic (exact) mass is 292 g/mol. The van der Waals surface area contributed by atoms with Gasteiger partial charge >= 0.3 is 6.09 Å². The Labute approximate surface area is 124 Å². The fourth-order valence-electron chi connectivity index (χ4n) is 2.16. The lowest BCUT2D eigenvalue weighted by molar-refractivity contribution is -0.116. The van der Waals surface area contributed by atoms with Crippen LogP contribution in [0.3, 0.4) is 0 Å². The van der Waals surface area contributed by atoms with Crippen LogP contribution in [0.1, 0.15) is 19.8 Å². The topological polar surface area (TPSA) is 67.9 Å². The number of benzene rings is 1. The van der Waals surface area contributed by atoms with Gasteiger partial charge in [0.25, 0.3) is 0 Å². The number of nitrogens with zero attached hydrogens (tertiary/aromatic N) is 1. The summed E-state index contributed by atoms with van der Waals surface area (Å²) < 4.78 is 10.6.